The molecule has 0 saturated heterocycles. The Morgan fingerprint density at radius 3 is 2.34 bits per heavy atom. The first-order valence-electron chi connectivity index (χ1n) is 10.5. The SMILES string of the molecule is COC(=O)C1=C(C)N=c2sc(=Cc3cccc(Br)c3)c(=O)n2C1c1cc(OC)c(OC)c(OC)c1. The summed E-state index contributed by atoms with van der Waals surface area (Å²) in [7, 11) is 5.82. The van der Waals surface area contributed by atoms with E-state index in [1.807, 2.05) is 24.3 Å². The van der Waals surface area contributed by atoms with Gasteiger partial charge in [-0.3, -0.25) is 9.36 Å². The van der Waals surface area contributed by atoms with Crippen LogP contribution < -0.4 is 29.1 Å². The van der Waals surface area contributed by atoms with Gasteiger partial charge in [0, 0.05) is 4.47 Å². The van der Waals surface area contributed by atoms with Crippen molar-refractivity contribution >= 4 is 39.3 Å². The molecule has 1 unspecified atom stereocenters. The van der Waals surface area contributed by atoms with E-state index in [1.54, 1.807) is 25.1 Å². The number of methoxy groups -OCH3 is 4. The average Bonchev–Trinajstić information content (AvgIpc) is 3.15. The van der Waals surface area contributed by atoms with Crippen LogP contribution in [0.15, 0.2) is 61.9 Å². The summed E-state index contributed by atoms with van der Waals surface area (Å²) in [5, 5.41) is 0. The number of carbonyl (C=O) groups excluding carboxylic acids is 1. The normalized spacial score (nSPS) is 15.4. The lowest BCUT2D eigenvalue weighted by Crippen LogP contribution is -2.39. The maximum absolute atomic E-state index is 13.7. The summed E-state index contributed by atoms with van der Waals surface area (Å²) in [4.78, 5) is 31.6. The van der Waals surface area contributed by atoms with Gasteiger partial charge < -0.3 is 18.9 Å². The Labute approximate surface area is 213 Å². The Morgan fingerprint density at radius 1 is 1.09 bits per heavy atom. The van der Waals surface area contributed by atoms with Crippen molar-refractivity contribution in [3.63, 3.8) is 0 Å². The van der Waals surface area contributed by atoms with Crippen LogP contribution in [0.1, 0.15) is 24.1 Å². The fourth-order valence-electron chi connectivity index (χ4n) is 4.02. The monoisotopic (exact) mass is 558 g/mol. The van der Waals surface area contributed by atoms with Crippen LogP contribution in [0.5, 0.6) is 17.2 Å². The highest BCUT2D eigenvalue weighted by atomic mass is 79.9. The van der Waals surface area contributed by atoms with Crippen LogP contribution in [0, 0.1) is 0 Å². The summed E-state index contributed by atoms with van der Waals surface area (Å²) in [6.45, 7) is 1.72. The van der Waals surface area contributed by atoms with Crippen LogP contribution in [0.3, 0.4) is 0 Å². The minimum atomic E-state index is -0.808. The van der Waals surface area contributed by atoms with Gasteiger partial charge in [0.05, 0.1) is 50.3 Å². The number of halogens is 1. The van der Waals surface area contributed by atoms with Crippen LogP contribution in [0.25, 0.3) is 6.08 Å². The second-order valence-electron chi connectivity index (χ2n) is 7.59. The first-order valence-corrected chi connectivity index (χ1v) is 12.1. The third-order valence-corrected chi connectivity index (χ3v) is 7.05. The molecule has 1 atom stereocenters. The van der Waals surface area contributed by atoms with Crippen molar-refractivity contribution in [1.29, 1.82) is 0 Å². The quantitative estimate of drug-likeness (QED) is 0.432. The Morgan fingerprint density at radius 2 is 1.77 bits per heavy atom. The number of thiazole rings is 1. The van der Waals surface area contributed by atoms with Gasteiger partial charge in [-0.1, -0.05) is 39.4 Å². The molecular formula is C25H23BrN2O6S. The largest absolute Gasteiger partial charge is 0.493 e. The summed E-state index contributed by atoms with van der Waals surface area (Å²) in [6.07, 6.45) is 1.80. The number of ether oxygens (including phenoxy) is 4. The van der Waals surface area contributed by atoms with Crippen molar-refractivity contribution in [2.24, 2.45) is 4.99 Å². The Kier molecular flexibility index (Phi) is 7.13. The highest BCUT2D eigenvalue weighted by Gasteiger charge is 2.34. The lowest BCUT2D eigenvalue weighted by molar-refractivity contribution is -0.136. The van der Waals surface area contributed by atoms with E-state index in [2.05, 4.69) is 20.9 Å². The summed E-state index contributed by atoms with van der Waals surface area (Å²) in [5.41, 5.74) is 1.89. The molecule has 2 aromatic carbocycles. The fourth-order valence-corrected chi connectivity index (χ4v) is 5.48. The molecule has 1 aliphatic heterocycles. The molecular weight excluding hydrogens is 536 g/mol. The van der Waals surface area contributed by atoms with Crippen LogP contribution in [0.4, 0.5) is 0 Å². The second kappa shape index (κ2) is 10.1. The topological polar surface area (TPSA) is 88.4 Å². The Balaban J connectivity index is 2.03. The van der Waals surface area contributed by atoms with Gasteiger partial charge >= 0.3 is 5.97 Å². The van der Waals surface area contributed by atoms with Gasteiger partial charge in [0.15, 0.2) is 16.3 Å². The van der Waals surface area contributed by atoms with Gasteiger partial charge in [0.25, 0.3) is 5.56 Å². The number of fused-ring (bicyclic) bond motifs is 1. The lowest BCUT2D eigenvalue weighted by atomic mass is 9.95. The van der Waals surface area contributed by atoms with E-state index in [1.165, 1.54) is 44.3 Å². The smallest absolute Gasteiger partial charge is 0.338 e. The van der Waals surface area contributed by atoms with Gasteiger partial charge in [-0.2, -0.15) is 0 Å². The number of hydrogen-bond acceptors (Lipinski definition) is 8. The van der Waals surface area contributed by atoms with Gasteiger partial charge in [-0.15, -0.1) is 0 Å². The van der Waals surface area contributed by atoms with Crippen molar-refractivity contribution in [2.75, 3.05) is 28.4 Å². The molecule has 35 heavy (non-hydrogen) atoms. The molecule has 0 spiro atoms. The molecule has 182 valence electrons. The van der Waals surface area contributed by atoms with E-state index in [0.29, 0.717) is 37.8 Å². The summed E-state index contributed by atoms with van der Waals surface area (Å²) >= 11 is 4.71. The Bertz CT molecular complexity index is 1500. The number of allylic oxidation sites excluding steroid dienone is 1. The highest BCUT2D eigenvalue weighted by molar-refractivity contribution is 9.10. The summed E-state index contributed by atoms with van der Waals surface area (Å²) < 4.78 is 24.4. The molecule has 0 radical (unpaired) electrons. The van der Waals surface area contributed by atoms with Crippen molar-refractivity contribution in [3.8, 4) is 17.2 Å². The Hall–Kier alpha value is -3.37. The third kappa shape index (κ3) is 4.51. The average molecular weight is 559 g/mol. The second-order valence-corrected chi connectivity index (χ2v) is 9.51. The summed E-state index contributed by atoms with van der Waals surface area (Å²) in [5.74, 6) is 0.626. The molecule has 1 aromatic heterocycles. The molecule has 0 fully saturated rings. The molecule has 10 heteroatoms. The zero-order valence-corrected chi connectivity index (χ0v) is 22.2. The number of benzene rings is 2. The fraction of sp³-hybridized carbons (Fsp3) is 0.240. The zero-order chi connectivity index (χ0) is 25.3. The van der Waals surface area contributed by atoms with Gasteiger partial charge in [0.1, 0.15) is 0 Å². The van der Waals surface area contributed by atoms with Crippen LogP contribution in [0.2, 0.25) is 0 Å². The number of carbonyl (C=O) groups is 1. The molecule has 0 N–H and O–H groups in total. The zero-order valence-electron chi connectivity index (χ0n) is 19.7. The first kappa shape index (κ1) is 24.7. The van der Waals surface area contributed by atoms with Crippen LogP contribution >= 0.6 is 27.3 Å². The van der Waals surface area contributed by atoms with Crippen molar-refractivity contribution < 1.29 is 23.7 Å². The molecule has 4 rings (SSSR count). The van der Waals surface area contributed by atoms with E-state index >= 15 is 0 Å². The third-order valence-electron chi connectivity index (χ3n) is 5.58. The van der Waals surface area contributed by atoms with Gasteiger partial charge in [-0.25, -0.2) is 9.79 Å². The van der Waals surface area contributed by atoms with Crippen molar-refractivity contribution in [3.05, 3.63) is 83.0 Å². The molecule has 8 nitrogen and oxygen atoms in total. The van der Waals surface area contributed by atoms with Gasteiger partial charge in [0.2, 0.25) is 5.75 Å². The van der Waals surface area contributed by atoms with Gasteiger partial charge in [-0.05, 0) is 48.4 Å². The number of nitrogens with zero attached hydrogens (tertiary/aromatic N) is 2. The van der Waals surface area contributed by atoms with E-state index in [4.69, 9.17) is 18.9 Å². The van der Waals surface area contributed by atoms with Crippen molar-refractivity contribution in [2.45, 2.75) is 13.0 Å². The first-order chi connectivity index (χ1) is 16.8. The van der Waals surface area contributed by atoms with Crippen LogP contribution in [-0.2, 0) is 9.53 Å². The molecule has 2 heterocycles. The number of aromatic nitrogens is 1. The van der Waals surface area contributed by atoms with Crippen LogP contribution in [-0.4, -0.2) is 39.0 Å². The maximum Gasteiger partial charge on any atom is 0.338 e. The van der Waals surface area contributed by atoms with E-state index in [9.17, 15) is 9.59 Å². The predicted molar refractivity (Wildman–Crippen MR) is 136 cm³/mol. The minimum Gasteiger partial charge on any atom is -0.493 e. The lowest BCUT2D eigenvalue weighted by Gasteiger charge is -2.25. The summed E-state index contributed by atoms with van der Waals surface area (Å²) in [6, 6.07) is 10.3. The van der Waals surface area contributed by atoms with E-state index < -0.39 is 12.0 Å². The maximum atomic E-state index is 13.7. The molecule has 0 amide bonds. The van der Waals surface area contributed by atoms with Crippen molar-refractivity contribution in [1.82, 2.24) is 4.57 Å². The highest BCUT2D eigenvalue weighted by Crippen LogP contribution is 2.42. The van der Waals surface area contributed by atoms with E-state index in [-0.39, 0.29) is 11.1 Å². The number of rotatable bonds is 6. The molecule has 0 bridgehead atoms. The number of esters is 1. The molecule has 1 aliphatic rings. The van der Waals surface area contributed by atoms with E-state index in [0.717, 1.165) is 10.0 Å². The predicted octanol–water partition coefficient (Wildman–Crippen LogP) is 3.20. The molecule has 0 aliphatic carbocycles. The standard InChI is InChI=1S/C25H23BrN2O6S/c1-13-20(24(30)34-5)21(15-11-17(31-2)22(33-4)18(12-15)32-3)28-23(29)19(35-25(28)27-13)10-14-7-6-8-16(26)9-14/h6-12,21H,1-5H3. The molecule has 3 aromatic rings. The molecule has 0 saturated carbocycles. The number of hydrogen-bond donors (Lipinski definition) is 0. The minimum absolute atomic E-state index is 0.253.